The van der Waals surface area contributed by atoms with Crippen LogP contribution in [0.3, 0.4) is 0 Å². The van der Waals surface area contributed by atoms with Crippen molar-refractivity contribution >= 4 is 22.8 Å². The molecule has 3 aromatic rings. The summed E-state index contributed by atoms with van der Waals surface area (Å²) in [7, 11) is 0. The lowest BCUT2D eigenvalue weighted by Crippen LogP contribution is -2.51. The van der Waals surface area contributed by atoms with E-state index in [-0.39, 0.29) is 40.7 Å². The maximum atomic E-state index is 13.1. The van der Waals surface area contributed by atoms with Crippen molar-refractivity contribution < 1.29 is 18.4 Å². The minimum Gasteiger partial charge on any atom is -0.451 e. The smallest absolute Gasteiger partial charge is 0.289 e. The summed E-state index contributed by atoms with van der Waals surface area (Å²) in [5.41, 5.74) is 1.12. The Kier molecular flexibility index (Phi) is 4.81. The average Bonchev–Trinajstić information content (AvgIpc) is 3.59. The molecule has 0 spiro atoms. The van der Waals surface area contributed by atoms with Crippen molar-refractivity contribution in [3.63, 3.8) is 0 Å². The van der Waals surface area contributed by atoms with Gasteiger partial charge in [-0.3, -0.25) is 14.4 Å². The van der Waals surface area contributed by atoms with Crippen molar-refractivity contribution in [3.05, 3.63) is 82.0 Å². The standard InChI is InChI=1S/C24H21FN2O4/c25-16-7-5-15(6-8-16)18-13-19(18)23(29)26-9-11-27(12-10-26)24(30)22-14-20(28)17-3-1-2-4-21(17)31-22/h1-8,14,18-19H,9-13H2. The van der Waals surface area contributed by atoms with Gasteiger partial charge in [-0.25, -0.2) is 4.39 Å². The van der Waals surface area contributed by atoms with Gasteiger partial charge in [-0.05, 0) is 42.2 Å². The third-order valence-corrected chi connectivity index (χ3v) is 6.13. The molecule has 5 rings (SSSR count). The van der Waals surface area contributed by atoms with Gasteiger partial charge >= 0.3 is 0 Å². The third-order valence-electron chi connectivity index (χ3n) is 6.13. The molecule has 1 saturated heterocycles. The van der Waals surface area contributed by atoms with Gasteiger partial charge in [0.05, 0.1) is 5.39 Å². The van der Waals surface area contributed by atoms with Crippen molar-refractivity contribution in [2.45, 2.75) is 12.3 Å². The topological polar surface area (TPSA) is 70.8 Å². The predicted octanol–water partition coefficient (Wildman–Crippen LogP) is 3.02. The summed E-state index contributed by atoms with van der Waals surface area (Å²) in [6.45, 7) is 1.65. The fourth-order valence-electron chi connectivity index (χ4n) is 4.28. The van der Waals surface area contributed by atoms with Crippen molar-refractivity contribution in [1.29, 1.82) is 0 Å². The van der Waals surface area contributed by atoms with Crippen LogP contribution in [-0.2, 0) is 4.79 Å². The van der Waals surface area contributed by atoms with Crippen LogP contribution in [0.5, 0.6) is 0 Å². The fourth-order valence-corrected chi connectivity index (χ4v) is 4.28. The number of rotatable bonds is 3. The highest BCUT2D eigenvalue weighted by Gasteiger charge is 2.46. The maximum Gasteiger partial charge on any atom is 0.289 e. The van der Waals surface area contributed by atoms with Crippen LogP contribution in [0.25, 0.3) is 11.0 Å². The van der Waals surface area contributed by atoms with Crippen LogP contribution in [-0.4, -0.2) is 47.8 Å². The van der Waals surface area contributed by atoms with Crippen molar-refractivity contribution in [2.24, 2.45) is 5.92 Å². The van der Waals surface area contributed by atoms with Gasteiger partial charge in [0, 0.05) is 38.2 Å². The average molecular weight is 420 g/mol. The molecule has 2 amide bonds. The van der Waals surface area contributed by atoms with Gasteiger partial charge in [0.15, 0.2) is 11.2 Å². The number of fused-ring (bicyclic) bond motifs is 1. The highest BCUT2D eigenvalue weighted by Crippen LogP contribution is 2.48. The lowest BCUT2D eigenvalue weighted by molar-refractivity contribution is -0.134. The van der Waals surface area contributed by atoms with E-state index in [9.17, 15) is 18.8 Å². The molecule has 0 bridgehead atoms. The number of hydrogen-bond acceptors (Lipinski definition) is 4. The van der Waals surface area contributed by atoms with Crippen LogP contribution in [0, 0.1) is 11.7 Å². The van der Waals surface area contributed by atoms with Gasteiger partial charge in [0.2, 0.25) is 5.91 Å². The molecule has 2 aromatic carbocycles. The van der Waals surface area contributed by atoms with E-state index >= 15 is 0 Å². The molecule has 2 atom stereocenters. The summed E-state index contributed by atoms with van der Waals surface area (Å²) >= 11 is 0. The SMILES string of the molecule is O=C(c1cc(=O)c2ccccc2o1)N1CCN(C(=O)C2CC2c2ccc(F)cc2)CC1. The molecular formula is C24H21FN2O4. The van der Waals surface area contributed by atoms with E-state index in [0.717, 1.165) is 12.0 Å². The molecule has 1 aliphatic carbocycles. The fraction of sp³-hybridized carbons (Fsp3) is 0.292. The molecule has 2 aliphatic rings. The van der Waals surface area contributed by atoms with Crippen LogP contribution in [0.15, 0.2) is 63.8 Å². The van der Waals surface area contributed by atoms with Gasteiger partial charge in [-0.1, -0.05) is 24.3 Å². The van der Waals surface area contributed by atoms with E-state index in [4.69, 9.17) is 4.42 Å². The molecular weight excluding hydrogens is 399 g/mol. The number of halogens is 1. The highest BCUT2D eigenvalue weighted by atomic mass is 19.1. The second-order valence-electron chi connectivity index (χ2n) is 8.09. The Balaban J connectivity index is 1.21. The van der Waals surface area contributed by atoms with Crippen LogP contribution < -0.4 is 5.43 Å². The van der Waals surface area contributed by atoms with Gasteiger partial charge in [-0.15, -0.1) is 0 Å². The van der Waals surface area contributed by atoms with Gasteiger partial charge in [0.25, 0.3) is 5.91 Å². The molecule has 2 fully saturated rings. The zero-order valence-electron chi connectivity index (χ0n) is 16.8. The number of carbonyl (C=O) groups excluding carboxylic acids is 2. The normalized spacial score (nSPS) is 20.7. The van der Waals surface area contributed by atoms with E-state index in [2.05, 4.69) is 0 Å². The lowest BCUT2D eigenvalue weighted by atomic mass is 10.1. The third kappa shape index (κ3) is 3.71. The molecule has 31 heavy (non-hydrogen) atoms. The minimum absolute atomic E-state index is 0.0158. The number of hydrogen-bond donors (Lipinski definition) is 0. The quantitative estimate of drug-likeness (QED) is 0.653. The molecule has 2 unspecified atom stereocenters. The first-order chi connectivity index (χ1) is 15.0. The number of nitrogens with zero attached hydrogens (tertiary/aromatic N) is 2. The molecule has 0 radical (unpaired) electrons. The predicted molar refractivity (Wildman–Crippen MR) is 112 cm³/mol. The van der Waals surface area contributed by atoms with Gasteiger partial charge in [-0.2, -0.15) is 0 Å². The van der Waals surface area contributed by atoms with E-state index in [1.807, 2.05) is 0 Å². The lowest BCUT2D eigenvalue weighted by Gasteiger charge is -2.34. The maximum absolute atomic E-state index is 13.1. The molecule has 2 heterocycles. The molecule has 1 saturated carbocycles. The molecule has 7 heteroatoms. The summed E-state index contributed by atoms with van der Waals surface area (Å²) in [6.07, 6.45) is 0.770. The first-order valence-electron chi connectivity index (χ1n) is 10.4. The van der Waals surface area contributed by atoms with Crippen LogP contribution >= 0.6 is 0 Å². The number of carbonyl (C=O) groups is 2. The Morgan fingerprint density at radius 1 is 0.935 bits per heavy atom. The number of para-hydroxylation sites is 1. The summed E-state index contributed by atoms with van der Waals surface area (Å²) in [5, 5.41) is 0.439. The Morgan fingerprint density at radius 3 is 2.35 bits per heavy atom. The van der Waals surface area contributed by atoms with Gasteiger partial charge in [0.1, 0.15) is 11.4 Å². The summed E-state index contributed by atoms with van der Waals surface area (Å²) < 4.78 is 18.8. The monoisotopic (exact) mass is 420 g/mol. The van der Waals surface area contributed by atoms with Crippen LogP contribution in [0.2, 0.25) is 0 Å². The molecule has 6 nitrogen and oxygen atoms in total. The number of piperazine rings is 1. The second-order valence-corrected chi connectivity index (χ2v) is 8.09. The first kappa shape index (κ1) is 19.5. The van der Waals surface area contributed by atoms with Crippen LogP contribution in [0.4, 0.5) is 4.39 Å². The Labute approximate surface area is 177 Å². The van der Waals surface area contributed by atoms with E-state index in [1.54, 1.807) is 46.2 Å². The van der Waals surface area contributed by atoms with E-state index in [0.29, 0.717) is 37.1 Å². The van der Waals surface area contributed by atoms with E-state index < -0.39 is 0 Å². The second kappa shape index (κ2) is 7.65. The van der Waals surface area contributed by atoms with Crippen molar-refractivity contribution in [1.82, 2.24) is 9.80 Å². The Morgan fingerprint density at radius 2 is 1.61 bits per heavy atom. The molecule has 1 aromatic heterocycles. The van der Waals surface area contributed by atoms with E-state index in [1.165, 1.54) is 18.2 Å². The number of amides is 2. The first-order valence-corrected chi connectivity index (χ1v) is 10.4. The Hall–Kier alpha value is -3.48. The van der Waals surface area contributed by atoms with Crippen molar-refractivity contribution in [3.8, 4) is 0 Å². The zero-order chi connectivity index (χ0) is 21.5. The van der Waals surface area contributed by atoms with Crippen molar-refractivity contribution in [2.75, 3.05) is 26.2 Å². The summed E-state index contributed by atoms with van der Waals surface area (Å²) in [5.74, 6) is -0.465. The van der Waals surface area contributed by atoms with Crippen LogP contribution in [0.1, 0.15) is 28.5 Å². The molecule has 1 aliphatic heterocycles. The zero-order valence-corrected chi connectivity index (χ0v) is 16.8. The highest BCUT2D eigenvalue weighted by molar-refractivity contribution is 5.93. The minimum atomic E-state index is -0.342. The molecule has 158 valence electrons. The number of benzene rings is 2. The largest absolute Gasteiger partial charge is 0.451 e. The summed E-state index contributed by atoms with van der Waals surface area (Å²) in [4.78, 5) is 41.3. The van der Waals surface area contributed by atoms with Gasteiger partial charge < -0.3 is 14.2 Å². The summed E-state index contributed by atoms with van der Waals surface area (Å²) in [6, 6.07) is 14.4. The Bertz CT molecular complexity index is 1210. The molecule has 0 N–H and O–H groups in total.